The molecule has 0 aliphatic carbocycles. The Morgan fingerprint density at radius 1 is 1.41 bits per heavy atom. The fourth-order valence-corrected chi connectivity index (χ4v) is 4.19. The minimum absolute atomic E-state index is 0.216. The monoisotopic (exact) mass is 296 g/mol. The number of aliphatic carboxylic acids is 1. The molecule has 0 bridgehead atoms. The van der Waals surface area contributed by atoms with Crippen LogP contribution in [0.25, 0.3) is 9.65 Å². The summed E-state index contributed by atoms with van der Waals surface area (Å²) in [5.74, 6) is -0.897. The number of fused-ring (bicyclic) bond motifs is 1. The van der Waals surface area contributed by atoms with E-state index in [1.807, 2.05) is 0 Å². The molecular weight excluding hydrogens is 279 g/mol. The first-order valence-corrected chi connectivity index (χ1v) is 7.58. The van der Waals surface area contributed by atoms with Crippen molar-refractivity contribution in [3.05, 3.63) is 34.8 Å². The van der Waals surface area contributed by atoms with Gasteiger partial charge in [-0.15, -0.1) is 0 Å². The van der Waals surface area contributed by atoms with Crippen molar-refractivity contribution in [3.63, 3.8) is 0 Å². The minimum atomic E-state index is -0.681. The van der Waals surface area contributed by atoms with E-state index in [9.17, 15) is 4.79 Å². The number of hydrogen-bond acceptors (Lipinski definition) is 1. The Labute approximate surface area is 107 Å². The average molecular weight is 295 g/mol. The van der Waals surface area contributed by atoms with Gasteiger partial charge < -0.3 is 0 Å². The van der Waals surface area contributed by atoms with Gasteiger partial charge in [0.2, 0.25) is 0 Å². The second kappa shape index (κ2) is 5.52. The molecule has 0 spiro atoms. The van der Waals surface area contributed by atoms with Gasteiger partial charge in [0.25, 0.3) is 0 Å². The summed E-state index contributed by atoms with van der Waals surface area (Å²) in [6.07, 6.45) is 2.81. The molecule has 1 aromatic heterocycles. The molecule has 0 saturated carbocycles. The second-order valence-corrected chi connectivity index (χ2v) is 6.83. The number of rotatable bonds is 5. The first-order valence-electron chi connectivity index (χ1n) is 5.87. The summed E-state index contributed by atoms with van der Waals surface area (Å²) in [7, 11) is 0. The number of carboxylic acids is 1. The molecule has 17 heavy (non-hydrogen) atoms. The van der Waals surface area contributed by atoms with E-state index in [2.05, 4.69) is 30.3 Å². The first-order chi connectivity index (χ1) is 8.16. The van der Waals surface area contributed by atoms with Gasteiger partial charge in [-0.25, -0.2) is 0 Å². The number of carboxylic acid groups (broad SMARTS) is 1. The van der Waals surface area contributed by atoms with E-state index in [1.165, 1.54) is 14.1 Å². The van der Waals surface area contributed by atoms with E-state index >= 15 is 0 Å². The fourth-order valence-electron chi connectivity index (χ4n) is 1.87. The van der Waals surface area contributed by atoms with Gasteiger partial charge in [0.15, 0.2) is 0 Å². The Hall–Kier alpha value is -1.05. The van der Waals surface area contributed by atoms with Gasteiger partial charge in [-0.05, 0) is 0 Å². The standard InChI is InChI=1S/C14H16O2Se/c1-10(14(15)16)5-4-7-12-9-11-6-2-3-8-13(11)17-12/h2-3,6,8-10H,4-5,7H2,1H3,(H,15,16). The van der Waals surface area contributed by atoms with Crippen molar-refractivity contribution < 1.29 is 9.90 Å². The Kier molecular flexibility index (Phi) is 4.03. The molecule has 1 atom stereocenters. The van der Waals surface area contributed by atoms with Crippen molar-refractivity contribution in [1.82, 2.24) is 0 Å². The third-order valence-electron chi connectivity index (χ3n) is 2.96. The summed E-state index contributed by atoms with van der Waals surface area (Å²) in [6, 6.07) is 10.8. The van der Waals surface area contributed by atoms with E-state index in [4.69, 9.17) is 5.11 Å². The molecule has 0 radical (unpaired) electrons. The zero-order valence-electron chi connectivity index (χ0n) is 9.85. The molecule has 1 N–H and O–H groups in total. The van der Waals surface area contributed by atoms with Crippen molar-refractivity contribution in [2.24, 2.45) is 5.92 Å². The molecule has 1 aromatic carbocycles. The van der Waals surface area contributed by atoms with Crippen LogP contribution in [-0.4, -0.2) is 25.6 Å². The fraction of sp³-hybridized carbons (Fsp3) is 0.357. The second-order valence-electron chi connectivity index (χ2n) is 4.38. The topological polar surface area (TPSA) is 37.3 Å². The maximum atomic E-state index is 10.7. The SMILES string of the molecule is CC(CCCc1cc2ccccc2[se]1)C(=O)O. The van der Waals surface area contributed by atoms with Crippen molar-refractivity contribution in [1.29, 1.82) is 0 Å². The quantitative estimate of drug-likeness (QED) is 0.861. The molecule has 3 heteroatoms. The van der Waals surface area contributed by atoms with Crippen LogP contribution in [0.3, 0.4) is 0 Å². The van der Waals surface area contributed by atoms with Crippen molar-refractivity contribution in [2.75, 3.05) is 0 Å². The van der Waals surface area contributed by atoms with Crippen molar-refractivity contribution >= 4 is 30.1 Å². The van der Waals surface area contributed by atoms with Crippen LogP contribution >= 0.6 is 0 Å². The van der Waals surface area contributed by atoms with Gasteiger partial charge in [0, 0.05) is 0 Å². The van der Waals surface area contributed by atoms with Crippen LogP contribution in [0.5, 0.6) is 0 Å². The molecule has 0 fully saturated rings. The van der Waals surface area contributed by atoms with Crippen molar-refractivity contribution in [2.45, 2.75) is 26.2 Å². The molecular formula is C14H16O2Se. The number of aryl methyl sites for hydroxylation is 1. The summed E-state index contributed by atoms with van der Waals surface area (Å²) < 4.78 is 2.96. The zero-order valence-corrected chi connectivity index (χ0v) is 11.6. The van der Waals surface area contributed by atoms with E-state index in [1.54, 1.807) is 6.92 Å². The number of benzene rings is 1. The summed E-state index contributed by atoms with van der Waals surface area (Å²) >= 11 is 0.461. The van der Waals surface area contributed by atoms with E-state index < -0.39 is 5.97 Å². The van der Waals surface area contributed by atoms with Gasteiger partial charge in [-0.3, -0.25) is 0 Å². The van der Waals surface area contributed by atoms with Crippen LogP contribution in [-0.2, 0) is 11.2 Å². The summed E-state index contributed by atoms with van der Waals surface area (Å²) in [5.41, 5.74) is 0. The molecule has 0 aliphatic rings. The van der Waals surface area contributed by atoms with Gasteiger partial charge in [0.1, 0.15) is 0 Å². The average Bonchev–Trinajstić information content (AvgIpc) is 2.71. The Morgan fingerprint density at radius 3 is 2.88 bits per heavy atom. The normalized spacial score (nSPS) is 12.8. The molecule has 0 aliphatic heterocycles. The Bertz CT molecular complexity index is 483. The Morgan fingerprint density at radius 2 is 2.18 bits per heavy atom. The van der Waals surface area contributed by atoms with Crippen LogP contribution in [0.15, 0.2) is 30.3 Å². The van der Waals surface area contributed by atoms with Gasteiger partial charge >= 0.3 is 107 Å². The van der Waals surface area contributed by atoms with Gasteiger partial charge in [-0.1, -0.05) is 0 Å². The van der Waals surface area contributed by atoms with Crippen LogP contribution < -0.4 is 0 Å². The summed E-state index contributed by atoms with van der Waals surface area (Å²) in [6.45, 7) is 1.78. The van der Waals surface area contributed by atoms with Crippen LogP contribution in [0.2, 0.25) is 0 Å². The third kappa shape index (κ3) is 3.21. The molecule has 90 valence electrons. The third-order valence-corrected chi connectivity index (χ3v) is 5.43. The summed E-state index contributed by atoms with van der Waals surface area (Å²) in [5, 5.41) is 10.2. The molecule has 1 heterocycles. The van der Waals surface area contributed by atoms with Crippen LogP contribution in [0.4, 0.5) is 0 Å². The predicted octanol–water partition coefficient (Wildman–Crippen LogP) is 2.94. The Balaban J connectivity index is 1.93. The van der Waals surface area contributed by atoms with Crippen LogP contribution in [0, 0.1) is 5.92 Å². The molecule has 0 saturated heterocycles. The van der Waals surface area contributed by atoms with Gasteiger partial charge in [-0.2, -0.15) is 0 Å². The van der Waals surface area contributed by atoms with Gasteiger partial charge in [0.05, 0.1) is 0 Å². The van der Waals surface area contributed by atoms with E-state index in [0.717, 1.165) is 19.3 Å². The first kappa shape index (κ1) is 12.4. The molecule has 2 rings (SSSR count). The number of hydrogen-bond donors (Lipinski definition) is 1. The molecule has 2 aromatic rings. The van der Waals surface area contributed by atoms with Crippen LogP contribution in [0.1, 0.15) is 24.2 Å². The number of carbonyl (C=O) groups is 1. The van der Waals surface area contributed by atoms with E-state index in [-0.39, 0.29) is 5.92 Å². The molecule has 0 amide bonds. The molecule has 2 nitrogen and oxygen atoms in total. The van der Waals surface area contributed by atoms with E-state index in [0.29, 0.717) is 14.5 Å². The summed E-state index contributed by atoms with van der Waals surface area (Å²) in [4.78, 5) is 10.7. The molecule has 1 unspecified atom stereocenters. The predicted molar refractivity (Wildman–Crippen MR) is 70.6 cm³/mol. The maximum absolute atomic E-state index is 10.7. The van der Waals surface area contributed by atoms with Crippen molar-refractivity contribution in [3.8, 4) is 0 Å². The zero-order chi connectivity index (χ0) is 12.3.